The molecule has 2 saturated heterocycles. The summed E-state index contributed by atoms with van der Waals surface area (Å²) >= 11 is 6.47. The van der Waals surface area contributed by atoms with Crippen molar-refractivity contribution >= 4 is 35.1 Å². The van der Waals surface area contributed by atoms with Gasteiger partial charge in [-0.05, 0) is 37.0 Å². The van der Waals surface area contributed by atoms with Gasteiger partial charge in [0.2, 0.25) is 0 Å². The van der Waals surface area contributed by atoms with Gasteiger partial charge in [0.1, 0.15) is 6.04 Å². The van der Waals surface area contributed by atoms with Crippen LogP contribution in [0, 0.1) is 12.3 Å². The molecule has 0 radical (unpaired) electrons. The number of rotatable bonds is 9. The molecule has 220 valence electrons. The van der Waals surface area contributed by atoms with Gasteiger partial charge < -0.3 is 25.8 Å². The number of hydrogen-bond donors (Lipinski definition) is 3. The van der Waals surface area contributed by atoms with Crippen molar-refractivity contribution in [3.05, 3.63) is 46.2 Å². The normalized spacial score (nSPS) is 19.4. The summed E-state index contributed by atoms with van der Waals surface area (Å²) in [7, 11) is 1.42. The van der Waals surface area contributed by atoms with Crippen LogP contribution in [-0.4, -0.2) is 102 Å². The number of halogens is 1. The molecule has 1 amide bonds. The lowest BCUT2D eigenvalue weighted by molar-refractivity contribution is -0.148. The van der Waals surface area contributed by atoms with Crippen LogP contribution in [0.5, 0.6) is 0 Å². The van der Waals surface area contributed by atoms with E-state index >= 15 is 0 Å². The van der Waals surface area contributed by atoms with Gasteiger partial charge in [-0.15, -0.1) is 6.42 Å². The van der Waals surface area contributed by atoms with Crippen LogP contribution in [0.25, 0.3) is 0 Å². The molecule has 2 aliphatic rings. The van der Waals surface area contributed by atoms with E-state index in [9.17, 15) is 9.59 Å². The highest BCUT2D eigenvalue weighted by atomic mass is 35.5. The summed E-state index contributed by atoms with van der Waals surface area (Å²) in [5, 5.41) is 11.6. The number of carbonyl (C=O) groups is 2. The van der Waals surface area contributed by atoms with Gasteiger partial charge >= 0.3 is 5.97 Å². The molecule has 1 aromatic carbocycles. The second kappa shape index (κ2) is 14.0. The number of esters is 1. The van der Waals surface area contributed by atoms with Crippen molar-refractivity contribution in [2.45, 2.75) is 44.3 Å². The zero-order valence-electron chi connectivity index (χ0n) is 23.6. The summed E-state index contributed by atoms with van der Waals surface area (Å²) in [5.41, 5.74) is 7.67. The van der Waals surface area contributed by atoms with E-state index in [1.54, 1.807) is 0 Å². The molecule has 12 heteroatoms. The SMILES string of the molecule is C#Cc1ccc([C@H](C(=O)OC)N2CCC(N3CCN(c4nc(N)c(C(=O)NCCO)nc4Cl)C[C@@H]3CC)CC2)cc1. The second-order valence-electron chi connectivity index (χ2n) is 10.3. The van der Waals surface area contributed by atoms with Crippen molar-refractivity contribution in [2.24, 2.45) is 0 Å². The maximum atomic E-state index is 12.8. The molecule has 0 bridgehead atoms. The zero-order chi connectivity index (χ0) is 29.5. The third kappa shape index (κ3) is 6.90. The van der Waals surface area contributed by atoms with E-state index in [4.69, 9.17) is 33.6 Å². The minimum Gasteiger partial charge on any atom is -0.468 e. The van der Waals surface area contributed by atoms with E-state index in [0.717, 1.165) is 50.0 Å². The summed E-state index contributed by atoms with van der Waals surface area (Å²) in [6.07, 6.45) is 8.29. The van der Waals surface area contributed by atoms with Gasteiger partial charge in [-0.2, -0.15) is 0 Å². The third-order valence-electron chi connectivity index (χ3n) is 7.93. The number of terminal acetylenes is 1. The summed E-state index contributed by atoms with van der Waals surface area (Å²) < 4.78 is 5.16. The smallest absolute Gasteiger partial charge is 0.327 e. The Morgan fingerprint density at radius 3 is 2.54 bits per heavy atom. The van der Waals surface area contributed by atoms with Crippen LogP contribution in [0.2, 0.25) is 5.15 Å². The second-order valence-corrected chi connectivity index (χ2v) is 10.6. The quantitative estimate of drug-likeness (QED) is 0.295. The molecule has 2 atom stereocenters. The van der Waals surface area contributed by atoms with E-state index in [1.807, 2.05) is 24.3 Å². The Morgan fingerprint density at radius 1 is 1.22 bits per heavy atom. The van der Waals surface area contributed by atoms with Gasteiger partial charge in [0, 0.05) is 56.9 Å². The number of aliphatic hydroxyl groups excluding tert-OH is 1. The molecule has 0 spiro atoms. The number of likely N-dealkylation sites (tertiary alicyclic amines) is 1. The zero-order valence-corrected chi connectivity index (χ0v) is 24.3. The van der Waals surface area contributed by atoms with Gasteiger partial charge in [-0.3, -0.25) is 14.6 Å². The van der Waals surface area contributed by atoms with Gasteiger partial charge in [-0.1, -0.05) is 36.6 Å². The Bertz CT molecular complexity index is 1260. The average Bonchev–Trinajstić information content (AvgIpc) is 3.01. The number of benzene rings is 1. The van der Waals surface area contributed by atoms with Crippen LogP contribution in [0.1, 0.15) is 53.8 Å². The van der Waals surface area contributed by atoms with Crippen LogP contribution in [-0.2, 0) is 9.53 Å². The number of nitrogens with two attached hydrogens (primary N) is 1. The van der Waals surface area contributed by atoms with Crippen LogP contribution in [0.4, 0.5) is 11.6 Å². The van der Waals surface area contributed by atoms with E-state index in [2.05, 4.69) is 42.8 Å². The van der Waals surface area contributed by atoms with Gasteiger partial charge in [-0.25, -0.2) is 14.8 Å². The van der Waals surface area contributed by atoms with E-state index in [-0.39, 0.29) is 41.8 Å². The Labute approximate surface area is 246 Å². The topological polar surface area (TPSA) is 137 Å². The lowest BCUT2D eigenvalue weighted by Gasteiger charge is -2.48. The van der Waals surface area contributed by atoms with Crippen molar-refractivity contribution in [3.63, 3.8) is 0 Å². The van der Waals surface area contributed by atoms with Crippen molar-refractivity contribution in [3.8, 4) is 12.3 Å². The number of methoxy groups -OCH3 is 1. The lowest BCUT2D eigenvalue weighted by Crippen LogP contribution is -2.59. The minimum absolute atomic E-state index is 0.00298. The fourth-order valence-electron chi connectivity index (χ4n) is 5.79. The molecule has 3 heterocycles. The standard InChI is InChI=1S/C29H38ClN7O4/c1-4-19-6-8-20(9-7-19)24(29(40)41-3)35-13-10-22(11-14-35)37-16-15-36(18-21(37)5-2)27-25(30)33-23(26(31)34-27)28(39)32-12-17-38/h1,6-9,21-22,24,38H,5,10-18H2,2-3H3,(H2,31,34)(H,32,39)/t21-,24+/m0/s1. The van der Waals surface area contributed by atoms with Crippen LogP contribution >= 0.6 is 11.6 Å². The number of nitrogens with zero attached hydrogens (tertiary/aromatic N) is 5. The fourth-order valence-corrected chi connectivity index (χ4v) is 6.04. The molecule has 0 aliphatic carbocycles. The van der Waals surface area contributed by atoms with E-state index in [1.165, 1.54) is 7.11 Å². The maximum absolute atomic E-state index is 12.8. The molecule has 2 aromatic rings. The molecule has 1 aromatic heterocycles. The van der Waals surface area contributed by atoms with Gasteiger partial charge in [0.05, 0.1) is 13.7 Å². The maximum Gasteiger partial charge on any atom is 0.327 e. The largest absolute Gasteiger partial charge is 0.468 e. The number of aliphatic hydroxyl groups is 1. The summed E-state index contributed by atoms with van der Waals surface area (Å²) in [4.78, 5) is 40.6. The number of aromatic nitrogens is 2. The monoisotopic (exact) mass is 583 g/mol. The number of amides is 1. The van der Waals surface area contributed by atoms with Crippen molar-refractivity contribution < 1.29 is 19.4 Å². The number of nitrogen functional groups attached to an aromatic ring is 1. The first kappa shape index (κ1) is 30.5. The Morgan fingerprint density at radius 2 is 1.93 bits per heavy atom. The molecular formula is C29H38ClN7O4. The van der Waals surface area contributed by atoms with Crippen molar-refractivity contribution in [2.75, 3.05) is 63.6 Å². The van der Waals surface area contributed by atoms with Crippen molar-refractivity contribution in [1.82, 2.24) is 25.1 Å². The first-order chi connectivity index (χ1) is 19.8. The molecule has 4 rings (SSSR count). The minimum atomic E-state index is -0.529. The predicted octanol–water partition coefficient (Wildman–Crippen LogP) is 1.69. The fraction of sp³-hybridized carbons (Fsp3) is 0.517. The molecule has 0 unspecified atom stereocenters. The molecular weight excluding hydrogens is 546 g/mol. The van der Waals surface area contributed by atoms with E-state index in [0.29, 0.717) is 24.9 Å². The molecule has 11 nitrogen and oxygen atoms in total. The highest BCUT2D eigenvalue weighted by Crippen LogP contribution is 2.32. The number of ether oxygens (including phenoxy) is 1. The van der Waals surface area contributed by atoms with Crippen LogP contribution < -0.4 is 16.0 Å². The Hall–Kier alpha value is -3.43. The number of piperazine rings is 1. The molecule has 0 saturated carbocycles. The van der Waals surface area contributed by atoms with Gasteiger partial charge in [0.15, 0.2) is 22.5 Å². The Kier molecular flexibility index (Phi) is 10.4. The molecule has 2 aliphatic heterocycles. The Balaban J connectivity index is 1.41. The summed E-state index contributed by atoms with van der Waals surface area (Å²) in [6.45, 7) is 5.80. The summed E-state index contributed by atoms with van der Waals surface area (Å²) in [6, 6.07) is 7.70. The third-order valence-corrected chi connectivity index (χ3v) is 8.18. The van der Waals surface area contributed by atoms with Crippen LogP contribution in [0.3, 0.4) is 0 Å². The number of anilines is 2. The van der Waals surface area contributed by atoms with E-state index < -0.39 is 11.9 Å². The molecule has 41 heavy (non-hydrogen) atoms. The first-order valence-corrected chi connectivity index (χ1v) is 14.3. The van der Waals surface area contributed by atoms with Crippen LogP contribution in [0.15, 0.2) is 24.3 Å². The highest BCUT2D eigenvalue weighted by molar-refractivity contribution is 6.32. The predicted molar refractivity (Wildman–Crippen MR) is 158 cm³/mol. The number of piperidine rings is 1. The molecule has 2 fully saturated rings. The lowest BCUT2D eigenvalue weighted by atomic mass is 9.95. The number of carbonyl (C=O) groups excluding carboxylic acids is 2. The highest BCUT2D eigenvalue weighted by Gasteiger charge is 2.37. The summed E-state index contributed by atoms with van der Waals surface area (Å²) in [5.74, 6) is 2.28. The van der Waals surface area contributed by atoms with Crippen molar-refractivity contribution in [1.29, 1.82) is 0 Å². The first-order valence-electron chi connectivity index (χ1n) is 13.9. The van der Waals surface area contributed by atoms with Gasteiger partial charge in [0.25, 0.3) is 5.91 Å². The number of nitrogens with one attached hydrogen (secondary N) is 1. The molecule has 4 N–H and O–H groups in total. The number of hydrogen-bond acceptors (Lipinski definition) is 10. The average molecular weight is 584 g/mol.